The van der Waals surface area contributed by atoms with Gasteiger partial charge in [-0.05, 0) is 0 Å². The average molecular weight is 400 g/mol. The van der Waals surface area contributed by atoms with Crippen molar-refractivity contribution in [3.63, 3.8) is 0 Å². The second-order valence-corrected chi connectivity index (χ2v) is 16.7. The Labute approximate surface area is 139 Å². The van der Waals surface area contributed by atoms with E-state index >= 15 is 0 Å². The summed E-state index contributed by atoms with van der Waals surface area (Å²) in [7, 11) is -1.83. The van der Waals surface area contributed by atoms with Crippen molar-refractivity contribution in [2.24, 2.45) is 0 Å². The maximum atomic E-state index is 6.69. The van der Waals surface area contributed by atoms with Gasteiger partial charge in [0.25, 0.3) is 0 Å². The van der Waals surface area contributed by atoms with Crippen molar-refractivity contribution in [2.45, 2.75) is 98.8 Å². The fourth-order valence-electron chi connectivity index (χ4n) is 2.25. The van der Waals surface area contributed by atoms with Crippen LogP contribution in [0, 0.1) is 0 Å². The quantitative estimate of drug-likeness (QED) is 0.453. The zero-order valence-electron chi connectivity index (χ0n) is 15.5. The Bertz CT molecular complexity index is 246. The van der Waals surface area contributed by atoms with Gasteiger partial charge in [-0.1, -0.05) is 0 Å². The number of hydrogen-bond donors (Lipinski definition) is 0. The molecule has 0 radical (unpaired) electrons. The van der Waals surface area contributed by atoms with Crippen LogP contribution in [0.1, 0.15) is 62.3 Å². The molecule has 6 heteroatoms. The van der Waals surface area contributed by atoms with Crippen LogP contribution in [0.4, 0.5) is 0 Å². The molecule has 0 bridgehead atoms. The van der Waals surface area contributed by atoms with Crippen molar-refractivity contribution in [2.75, 3.05) is 0 Å². The molecule has 0 aliphatic rings. The molecule has 0 fully saturated rings. The van der Waals surface area contributed by atoms with E-state index < -0.39 is 30.3 Å². The molecule has 0 aliphatic heterocycles. The van der Waals surface area contributed by atoms with Gasteiger partial charge in [-0.15, -0.1) is 0 Å². The molecule has 0 spiro atoms. The molecule has 4 nitrogen and oxygen atoms in total. The average Bonchev–Trinajstić information content (AvgIpc) is 2.33. The second kappa shape index (κ2) is 9.94. The van der Waals surface area contributed by atoms with E-state index in [1.807, 2.05) is 41.5 Å². The molecule has 21 heavy (non-hydrogen) atoms. The van der Waals surface area contributed by atoms with Crippen molar-refractivity contribution < 1.29 is 33.0 Å². The van der Waals surface area contributed by atoms with E-state index in [1.54, 1.807) is 0 Å². The molecule has 0 saturated heterocycles. The Hall–Kier alpha value is 0.940. The minimum atomic E-state index is -4.01. The summed E-state index contributed by atoms with van der Waals surface area (Å²) in [5.74, 6) is 0. The van der Waals surface area contributed by atoms with E-state index in [4.69, 9.17) is 10.9 Å². The van der Waals surface area contributed by atoms with Crippen molar-refractivity contribution in [1.82, 2.24) is 0 Å². The summed E-state index contributed by atoms with van der Waals surface area (Å²) in [5.41, 5.74) is 0. The van der Waals surface area contributed by atoms with Crippen LogP contribution in [0.3, 0.4) is 0 Å². The normalized spacial score (nSPS) is 13.7. The molecule has 0 atom stereocenters. The third-order valence-electron chi connectivity index (χ3n) is 3.41. The molecule has 0 aromatic rings. The molecule has 0 heterocycles. The van der Waals surface area contributed by atoms with Crippen LogP contribution in [-0.4, -0.2) is 26.6 Å². The van der Waals surface area contributed by atoms with Gasteiger partial charge in [0.1, 0.15) is 0 Å². The molecule has 0 N–H and O–H groups in total. The molecule has 128 valence electrons. The molecule has 0 aromatic heterocycles. The molecule has 0 amide bonds. The zero-order chi connectivity index (χ0) is 16.7. The Balaban J connectivity index is 5.49. The van der Waals surface area contributed by atoms with Crippen LogP contribution >= 0.6 is 0 Å². The van der Waals surface area contributed by atoms with Gasteiger partial charge in [-0.25, -0.2) is 0 Å². The first-order valence-electron chi connectivity index (χ1n) is 8.37. The SMILES string of the molecule is CC[Si](CC)(CC)[O][Zr]([O]C(C)C)([O]C(C)C)[O]C(C)C. The summed E-state index contributed by atoms with van der Waals surface area (Å²) in [5, 5.41) is 0. The zero-order valence-corrected chi connectivity index (χ0v) is 18.9. The van der Waals surface area contributed by atoms with E-state index in [-0.39, 0.29) is 18.3 Å². The van der Waals surface area contributed by atoms with Gasteiger partial charge in [0.05, 0.1) is 0 Å². The Kier molecular flexibility index (Phi) is 10.4. The maximum absolute atomic E-state index is 6.69. The van der Waals surface area contributed by atoms with E-state index in [1.165, 1.54) is 0 Å². The topological polar surface area (TPSA) is 36.9 Å². The molecule has 0 unspecified atom stereocenters. The van der Waals surface area contributed by atoms with E-state index in [0.717, 1.165) is 18.1 Å². The van der Waals surface area contributed by atoms with Crippen molar-refractivity contribution >= 4 is 8.32 Å². The van der Waals surface area contributed by atoms with Crippen molar-refractivity contribution in [3.8, 4) is 0 Å². The van der Waals surface area contributed by atoms with Crippen molar-refractivity contribution in [3.05, 3.63) is 0 Å². The van der Waals surface area contributed by atoms with Crippen LogP contribution in [-0.2, 0) is 33.0 Å². The Morgan fingerprint density at radius 1 is 0.667 bits per heavy atom. The van der Waals surface area contributed by atoms with Gasteiger partial charge < -0.3 is 0 Å². The summed E-state index contributed by atoms with van der Waals surface area (Å²) < 4.78 is 25.3. The first-order chi connectivity index (χ1) is 9.64. The van der Waals surface area contributed by atoms with Crippen LogP contribution in [0.15, 0.2) is 0 Å². The van der Waals surface area contributed by atoms with Gasteiger partial charge in [0, 0.05) is 0 Å². The first kappa shape index (κ1) is 21.9. The summed E-state index contributed by atoms with van der Waals surface area (Å²) in [6, 6.07) is 3.22. The molecular formula is C15H36O4SiZr. The van der Waals surface area contributed by atoms with Gasteiger partial charge in [-0.3, -0.25) is 0 Å². The van der Waals surface area contributed by atoms with Gasteiger partial charge in [-0.2, -0.15) is 0 Å². The summed E-state index contributed by atoms with van der Waals surface area (Å²) in [4.78, 5) is 0. The monoisotopic (exact) mass is 398 g/mol. The molecule has 0 rings (SSSR count). The Morgan fingerprint density at radius 2 is 0.952 bits per heavy atom. The van der Waals surface area contributed by atoms with Gasteiger partial charge in [0.15, 0.2) is 0 Å². The minimum absolute atomic E-state index is 0.0515. The number of hydrogen-bond acceptors (Lipinski definition) is 4. The molecule has 0 aliphatic carbocycles. The van der Waals surface area contributed by atoms with Crippen LogP contribution < -0.4 is 0 Å². The predicted molar refractivity (Wildman–Crippen MR) is 86.9 cm³/mol. The van der Waals surface area contributed by atoms with E-state index in [2.05, 4.69) is 20.8 Å². The fraction of sp³-hybridized carbons (Fsp3) is 1.00. The van der Waals surface area contributed by atoms with Crippen LogP contribution in [0.2, 0.25) is 18.1 Å². The Morgan fingerprint density at radius 3 is 1.14 bits per heavy atom. The first-order valence-corrected chi connectivity index (χ1v) is 14.9. The van der Waals surface area contributed by atoms with E-state index in [9.17, 15) is 0 Å². The van der Waals surface area contributed by atoms with Gasteiger partial charge >= 0.3 is 140 Å². The summed E-state index contributed by atoms with van der Waals surface area (Å²) >= 11 is -4.01. The molecule has 0 saturated carbocycles. The fourth-order valence-corrected chi connectivity index (χ4v) is 17.7. The number of rotatable bonds is 11. The molecular weight excluding hydrogens is 363 g/mol. The predicted octanol–water partition coefficient (Wildman–Crippen LogP) is 5.10. The van der Waals surface area contributed by atoms with Crippen LogP contribution in [0.5, 0.6) is 0 Å². The summed E-state index contributed by atoms with van der Waals surface area (Å²) in [6.45, 7) is 18.8. The van der Waals surface area contributed by atoms with Gasteiger partial charge in [0.2, 0.25) is 0 Å². The second-order valence-electron chi connectivity index (χ2n) is 6.35. The molecule has 0 aromatic carbocycles. The third-order valence-corrected chi connectivity index (χ3v) is 18.6. The summed E-state index contributed by atoms with van der Waals surface area (Å²) in [6.07, 6.45) is 0.154. The third kappa shape index (κ3) is 7.85. The standard InChI is InChI=1S/C6H15OSi.3C3H7O.Zr/c1-4-8(7,5-2)6-3;3*1-3(2)4;/h4-6H2,1-3H3;3*3H,1-2H3;/q4*-1;+4. The van der Waals surface area contributed by atoms with Crippen LogP contribution in [0.25, 0.3) is 0 Å². The van der Waals surface area contributed by atoms with E-state index in [0.29, 0.717) is 0 Å². The van der Waals surface area contributed by atoms with Crippen molar-refractivity contribution in [1.29, 1.82) is 0 Å².